The number of amides is 1. The summed E-state index contributed by atoms with van der Waals surface area (Å²) in [6.45, 7) is 11.2. The average molecular weight is 239 g/mol. The molecule has 1 fully saturated rings. The van der Waals surface area contributed by atoms with Crippen LogP contribution in [0.25, 0.3) is 0 Å². The number of ether oxygens (including phenoxy) is 2. The van der Waals surface area contributed by atoms with Gasteiger partial charge >= 0.3 is 6.09 Å². The number of rotatable bonds is 0. The van der Waals surface area contributed by atoms with E-state index in [2.05, 4.69) is 5.92 Å². The standard InChI is InChI=1S/C13H21NO3/c1-8-13(7)9-16-12(5,6)14(13)10(15)17-11(2,3)4/h1H,9H2,2-7H3. The van der Waals surface area contributed by atoms with Crippen LogP contribution in [0.4, 0.5) is 4.79 Å². The highest BCUT2D eigenvalue weighted by atomic mass is 16.6. The molecule has 0 aromatic carbocycles. The van der Waals surface area contributed by atoms with Gasteiger partial charge in [0, 0.05) is 0 Å². The first-order chi connectivity index (χ1) is 7.52. The Hall–Kier alpha value is -1.21. The van der Waals surface area contributed by atoms with Crippen molar-refractivity contribution in [2.75, 3.05) is 6.61 Å². The molecule has 4 nitrogen and oxygen atoms in total. The zero-order valence-electron chi connectivity index (χ0n) is 11.5. The highest BCUT2D eigenvalue weighted by Gasteiger charge is 2.52. The molecule has 1 aliphatic heterocycles. The van der Waals surface area contributed by atoms with Crippen molar-refractivity contribution in [3.63, 3.8) is 0 Å². The highest BCUT2D eigenvalue weighted by Crippen LogP contribution is 2.35. The van der Waals surface area contributed by atoms with Crippen molar-refractivity contribution in [1.29, 1.82) is 0 Å². The van der Waals surface area contributed by atoms with Crippen LogP contribution in [0.3, 0.4) is 0 Å². The maximum absolute atomic E-state index is 12.2. The van der Waals surface area contributed by atoms with Crippen molar-refractivity contribution >= 4 is 6.09 Å². The van der Waals surface area contributed by atoms with E-state index in [0.717, 1.165) is 0 Å². The van der Waals surface area contributed by atoms with Crippen LogP contribution in [0.2, 0.25) is 0 Å². The maximum atomic E-state index is 12.2. The Labute approximate surface area is 103 Å². The molecule has 0 radical (unpaired) electrons. The molecule has 4 heteroatoms. The van der Waals surface area contributed by atoms with Crippen molar-refractivity contribution in [1.82, 2.24) is 4.90 Å². The van der Waals surface area contributed by atoms with Gasteiger partial charge in [-0.3, -0.25) is 4.90 Å². The Balaban J connectivity index is 3.00. The van der Waals surface area contributed by atoms with Crippen LogP contribution in [0.5, 0.6) is 0 Å². The molecule has 1 amide bonds. The summed E-state index contributed by atoms with van der Waals surface area (Å²) in [7, 11) is 0. The fraction of sp³-hybridized carbons (Fsp3) is 0.769. The fourth-order valence-corrected chi connectivity index (χ4v) is 1.88. The summed E-state index contributed by atoms with van der Waals surface area (Å²) in [5.41, 5.74) is -2.06. The second kappa shape index (κ2) is 3.92. The molecular weight excluding hydrogens is 218 g/mol. The Kier molecular flexibility index (Phi) is 3.19. The first-order valence-corrected chi connectivity index (χ1v) is 5.67. The minimum absolute atomic E-state index is 0.315. The van der Waals surface area contributed by atoms with Crippen LogP contribution in [-0.4, -0.2) is 34.5 Å². The molecule has 17 heavy (non-hydrogen) atoms. The molecule has 0 spiro atoms. The number of hydrogen-bond donors (Lipinski definition) is 0. The topological polar surface area (TPSA) is 38.8 Å². The second-order valence-electron chi connectivity index (χ2n) is 5.97. The molecule has 0 N–H and O–H groups in total. The summed E-state index contributed by atoms with van der Waals surface area (Å²) in [5, 5.41) is 0. The van der Waals surface area contributed by atoms with Gasteiger partial charge in [0.1, 0.15) is 16.9 Å². The molecule has 0 aromatic heterocycles. The molecule has 1 unspecified atom stereocenters. The molecule has 1 aliphatic rings. The number of nitrogens with zero attached hydrogens (tertiary/aromatic N) is 1. The second-order valence-corrected chi connectivity index (χ2v) is 5.97. The normalized spacial score (nSPS) is 27.7. The van der Waals surface area contributed by atoms with Crippen LogP contribution >= 0.6 is 0 Å². The van der Waals surface area contributed by atoms with E-state index in [1.165, 1.54) is 4.90 Å². The van der Waals surface area contributed by atoms with Crippen molar-refractivity contribution < 1.29 is 14.3 Å². The maximum Gasteiger partial charge on any atom is 0.413 e. The molecule has 1 heterocycles. The fourth-order valence-electron chi connectivity index (χ4n) is 1.88. The highest BCUT2D eigenvalue weighted by molar-refractivity contribution is 5.71. The van der Waals surface area contributed by atoms with E-state index < -0.39 is 23.0 Å². The van der Waals surface area contributed by atoms with Gasteiger partial charge in [0.25, 0.3) is 0 Å². The zero-order valence-corrected chi connectivity index (χ0v) is 11.5. The lowest BCUT2D eigenvalue weighted by Gasteiger charge is -2.37. The summed E-state index contributed by atoms with van der Waals surface area (Å²) in [6.07, 6.45) is 5.06. The number of carbonyl (C=O) groups excluding carboxylic acids is 1. The number of hydrogen-bond acceptors (Lipinski definition) is 3. The van der Waals surface area contributed by atoms with Crippen molar-refractivity contribution in [2.24, 2.45) is 0 Å². The summed E-state index contributed by atoms with van der Waals surface area (Å²) < 4.78 is 10.9. The minimum Gasteiger partial charge on any atom is -0.444 e. The van der Waals surface area contributed by atoms with Gasteiger partial charge in [0.05, 0.1) is 6.61 Å². The van der Waals surface area contributed by atoms with Gasteiger partial charge in [-0.05, 0) is 41.5 Å². The predicted molar refractivity (Wildman–Crippen MR) is 65.3 cm³/mol. The van der Waals surface area contributed by atoms with Crippen molar-refractivity contribution in [3.8, 4) is 12.3 Å². The molecule has 1 saturated heterocycles. The number of carbonyl (C=O) groups is 1. The lowest BCUT2D eigenvalue weighted by molar-refractivity contribution is -0.0647. The Bertz CT molecular complexity index is 362. The van der Waals surface area contributed by atoms with Crippen LogP contribution in [0.15, 0.2) is 0 Å². The first kappa shape index (κ1) is 13.9. The molecule has 1 atom stereocenters. The third-order valence-electron chi connectivity index (χ3n) is 2.63. The van der Waals surface area contributed by atoms with E-state index in [9.17, 15) is 4.79 Å². The molecule has 0 aliphatic carbocycles. The van der Waals surface area contributed by atoms with Crippen LogP contribution < -0.4 is 0 Å². The van der Waals surface area contributed by atoms with E-state index in [4.69, 9.17) is 15.9 Å². The van der Waals surface area contributed by atoms with Gasteiger partial charge in [-0.2, -0.15) is 0 Å². The largest absolute Gasteiger partial charge is 0.444 e. The summed E-state index contributed by atoms with van der Waals surface area (Å²) >= 11 is 0. The van der Waals surface area contributed by atoms with Gasteiger partial charge in [0.2, 0.25) is 0 Å². The smallest absolute Gasteiger partial charge is 0.413 e. The van der Waals surface area contributed by atoms with Gasteiger partial charge in [0.15, 0.2) is 0 Å². The lowest BCUT2D eigenvalue weighted by Crippen LogP contribution is -2.54. The minimum atomic E-state index is -0.758. The summed E-state index contributed by atoms with van der Waals surface area (Å²) in [6, 6.07) is 0. The van der Waals surface area contributed by atoms with E-state index in [1.807, 2.05) is 20.8 Å². The third-order valence-corrected chi connectivity index (χ3v) is 2.63. The predicted octanol–water partition coefficient (Wildman–Crippen LogP) is 2.38. The summed E-state index contributed by atoms with van der Waals surface area (Å²) in [5.74, 6) is 2.61. The van der Waals surface area contributed by atoms with Gasteiger partial charge in [-0.15, -0.1) is 6.42 Å². The van der Waals surface area contributed by atoms with E-state index in [-0.39, 0.29) is 0 Å². The SMILES string of the molecule is C#CC1(C)COC(C)(C)N1C(=O)OC(C)(C)C. The van der Waals surface area contributed by atoms with Crippen LogP contribution in [0.1, 0.15) is 41.5 Å². The van der Waals surface area contributed by atoms with Gasteiger partial charge in [-0.1, -0.05) is 5.92 Å². The Morgan fingerprint density at radius 2 is 1.94 bits per heavy atom. The lowest BCUT2D eigenvalue weighted by atomic mass is 10.0. The van der Waals surface area contributed by atoms with E-state index >= 15 is 0 Å². The third kappa shape index (κ3) is 2.73. The molecular formula is C13H21NO3. The van der Waals surface area contributed by atoms with Crippen molar-refractivity contribution in [2.45, 2.75) is 58.4 Å². The molecule has 0 aromatic rings. The van der Waals surface area contributed by atoms with Crippen LogP contribution in [0, 0.1) is 12.3 Å². The van der Waals surface area contributed by atoms with Gasteiger partial charge < -0.3 is 9.47 Å². The van der Waals surface area contributed by atoms with Crippen molar-refractivity contribution in [3.05, 3.63) is 0 Å². The van der Waals surface area contributed by atoms with E-state index in [0.29, 0.717) is 6.61 Å². The molecule has 96 valence electrons. The molecule has 0 saturated carbocycles. The zero-order chi connectivity index (χ0) is 13.5. The number of terminal acetylenes is 1. The van der Waals surface area contributed by atoms with Crippen LogP contribution in [-0.2, 0) is 9.47 Å². The Morgan fingerprint density at radius 3 is 2.35 bits per heavy atom. The molecule has 0 bridgehead atoms. The van der Waals surface area contributed by atoms with E-state index in [1.54, 1.807) is 20.8 Å². The quantitative estimate of drug-likeness (QED) is 0.609. The first-order valence-electron chi connectivity index (χ1n) is 5.67. The van der Waals surface area contributed by atoms with Gasteiger partial charge in [-0.25, -0.2) is 4.79 Å². The monoisotopic (exact) mass is 239 g/mol. The Morgan fingerprint density at radius 1 is 1.41 bits per heavy atom. The average Bonchev–Trinajstić information content (AvgIpc) is 2.35. The molecule has 1 rings (SSSR count). The summed E-state index contributed by atoms with van der Waals surface area (Å²) in [4.78, 5) is 13.7.